The molecule has 0 aliphatic carbocycles. The third-order valence-electron chi connectivity index (χ3n) is 3.84. The number of urea groups is 1. The van der Waals surface area contributed by atoms with E-state index in [1.807, 2.05) is 0 Å². The van der Waals surface area contributed by atoms with Gasteiger partial charge < -0.3 is 10.6 Å². The molecule has 0 aromatic heterocycles. The molecular weight excluding hydrogens is 328 g/mol. The Balaban J connectivity index is 2.26. The van der Waals surface area contributed by atoms with Crippen molar-refractivity contribution in [1.29, 1.82) is 0 Å². The van der Waals surface area contributed by atoms with Crippen LogP contribution in [0.15, 0.2) is 48.5 Å². The minimum absolute atomic E-state index is 0.273. The third kappa shape index (κ3) is 4.84. The van der Waals surface area contributed by atoms with E-state index in [1.165, 1.54) is 19.2 Å². The highest BCUT2D eigenvalue weighted by molar-refractivity contribution is 5.96. The van der Waals surface area contributed by atoms with Crippen molar-refractivity contribution in [2.75, 3.05) is 7.05 Å². The average Bonchev–Trinajstić information content (AvgIpc) is 2.59. The summed E-state index contributed by atoms with van der Waals surface area (Å²) < 4.78 is 27.1. The lowest BCUT2D eigenvalue weighted by molar-refractivity contribution is -0.719. The van der Waals surface area contributed by atoms with E-state index < -0.39 is 35.7 Å². The summed E-state index contributed by atoms with van der Waals surface area (Å²) in [7, 11) is 1.40. The van der Waals surface area contributed by atoms with Crippen molar-refractivity contribution in [3.05, 3.63) is 71.3 Å². The molecule has 25 heavy (non-hydrogen) atoms. The van der Waals surface area contributed by atoms with E-state index in [9.17, 15) is 18.4 Å². The molecule has 0 bridgehead atoms. The molecule has 0 spiro atoms. The fourth-order valence-electron chi connectivity index (χ4n) is 2.53. The molecule has 2 rings (SSSR count). The van der Waals surface area contributed by atoms with Crippen LogP contribution < -0.4 is 16.0 Å². The molecular formula is C18H20F2N3O2+. The molecule has 132 valence electrons. The number of hydrogen-bond donors (Lipinski definition) is 3. The van der Waals surface area contributed by atoms with Gasteiger partial charge >= 0.3 is 6.03 Å². The van der Waals surface area contributed by atoms with E-state index in [2.05, 4.69) is 10.6 Å². The molecule has 4 N–H and O–H groups in total. The zero-order valence-electron chi connectivity index (χ0n) is 13.9. The Morgan fingerprint density at radius 2 is 1.76 bits per heavy atom. The van der Waals surface area contributed by atoms with Crippen LogP contribution in [0.2, 0.25) is 0 Å². The van der Waals surface area contributed by atoms with Crippen LogP contribution in [0.4, 0.5) is 13.6 Å². The van der Waals surface area contributed by atoms with E-state index in [0.717, 1.165) is 6.07 Å². The van der Waals surface area contributed by atoms with Crippen molar-refractivity contribution < 1.29 is 23.7 Å². The molecule has 0 radical (unpaired) electrons. The number of nitrogens with two attached hydrogens (primary N) is 1. The van der Waals surface area contributed by atoms with Crippen molar-refractivity contribution in [3.63, 3.8) is 0 Å². The van der Waals surface area contributed by atoms with Gasteiger partial charge in [-0.3, -0.25) is 10.1 Å². The first-order chi connectivity index (χ1) is 11.9. The van der Waals surface area contributed by atoms with E-state index in [-0.39, 0.29) is 5.56 Å². The smallest absolute Gasteiger partial charge is 0.321 e. The third-order valence-corrected chi connectivity index (χ3v) is 3.84. The van der Waals surface area contributed by atoms with E-state index >= 15 is 0 Å². The standard InChI is InChI=1S/C18H19F2N3O2/c1-11(14-9-8-13(19)10-15(14)20)22-16(12-6-4-3-5-7-12)17(24)23-18(25)21-2/h3-11,16,22H,1-2H3,(H2,21,23,24,25)/p+1/t11-,16-/m0/s1. The SMILES string of the molecule is CNC(=O)NC(=O)[C@@H]([NH2+][C@@H](C)c1ccc(F)cc1F)c1ccccc1. The number of halogens is 2. The van der Waals surface area contributed by atoms with Gasteiger partial charge in [-0.1, -0.05) is 30.3 Å². The van der Waals surface area contributed by atoms with Crippen molar-refractivity contribution in [2.45, 2.75) is 19.0 Å². The summed E-state index contributed by atoms with van der Waals surface area (Å²) in [6.07, 6.45) is 0. The molecule has 7 heteroatoms. The summed E-state index contributed by atoms with van der Waals surface area (Å²) in [6.45, 7) is 1.71. The zero-order valence-corrected chi connectivity index (χ0v) is 13.9. The Bertz CT molecular complexity index is 753. The van der Waals surface area contributed by atoms with Crippen molar-refractivity contribution >= 4 is 11.9 Å². The van der Waals surface area contributed by atoms with Crippen LogP contribution in [-0.4, -0.2) is 19.0 Å². The maximum absolute atomic E-state index is 14.0. The van der Waals surface area contributed by atoms with Crippen LogP contribution in [-0.2, 0) is 4.79 Å². The molecule has 0 fully saturated rings. The van der Waals surface area contributed by atoms with Crippen molar-refractivity contribution in [2.24, 2.45) is 0 Å². The van der Waals surface area contributed by atoms with Crippen molar-refractivity contribution in [3.8, 4) is 0 Å². The maximum atomic E-state index is 14.0. The summed E-state index contributed by atoms with van der Waals surface area (Å²) in [5, 5.41) is 6.18. The lowest BCUT2D eigenvalue weighted by Gasteiger charge is -2.20. The van der Waals surface area contributed by atoms with E-state index in [0.29, 0.717) is 5.56 Å². The highest BCUT2D eigenvalue weighted by atomic mass is 19.1. The Hall–Kier alpha value is -2.80. The molecule has 0 saturated carbocycles. The second-order valence-corrected chi connectivity index (χ2v) is 5.60. The molecule has 0 heterocycles. The summed E-state index contributed by atoms with van der Waals surface area (Å²) in [5.74, 6) is -1.87. The molecule has 3 amide bonds. The summed E-state index contributed by atoms with van der Waals surface area (Å²) in [5.41, 5.74) is 0.938. The number of carbonyl (C=O) groups excluding carboxylic acids is 2. The fourth-order valence-corrected chi connectivity index (χ4v) is 2.53. The lowest BCUT2D eigenvalue weighted by atomic mass is 10.0. The number of quaternary nitrogens is 1. The first-order valence-electron chi connectivity index (χ1n) is 7.79. The van der Waals surface area contributed by atoms with Gasteiger partial charge in [0.1, 0.15) is 17.7 Å². The Morgan fingerprint density at radius 1 is 1.08 bits per heavy atom. The highest BCUT2D eigenvalue weighted by Crippen LogP contribution is 2.17. The lowest BCUT2D eigenvalue weighted by Crippen LogP contribution is -2.88. The second kappa shape index (κ2) is 8.34. The predicted octanol–water partition coefficient (Wildman–Crippen LogP) is 1.79. The molecule has 2 atom stereocenters. The van der Waals surface area contributed by atoms with Gasteiger partial charge in [-0.25, -0.2) is 13.6 Å². The number of benzene rings is 2. The number of imide groups is 1. The highest BCUT2D eigenvalue weighted by Gasteiger charge is 2.29. The molecule has 2 aromatic rings. The maximum Gasteiger partial charge on any atom is 0.321 e. The van der Waals surface area contributed by atoms with Crippen LogP contribution in [0.5, 0.6) is 0 Å². The van der Waals surface area contributed by atoms with Crippen LogP contribution >= 0.6 is 0 Å². The van der Waals surface area contributed by atoms with Gasteiger partial charge in [-0.05, 0) is 19.1 Å². The Morgan fingerprint density at radius 3 is 2.36 bits per heavy atom. The fraction of sp³-hybridized carbons (Fsp3) is 0.222. The second-order valence-electron chi connectivity index (χ2n) is 5.60. The van der Waals surface area contributed by atoms with Crippen LogP contribution in [0.1, 0.15) is 30.1 Å². The Kier molecular flexibility index (Phi) is 6.19. The van der Waals surface area contributed by atoms with Crippen LogP contribution in [0.3, 0.4) is 0 Å². The quantitative estimate of drug-likeness (QED) is 0.771. The first kappa shape index (κ1) is 18.5. The van der Waals surface area contributed by atoms with Gasteiger partial charge in [0.25, 0.3) is 5.91 Å². The van der Waals surface area contributed by atoms with Gasteiger partial charge in [-0.2, -0.15) is 0 Å². The largest absolute Gasteiger partial charge is 0.341 e. The predicted molar refractivity (Wildman–Crippen MR) is 88.5 cm³/mol. The molecule has 0 saturated heterocycles. The normalized spacial score (nSPS) is 13.0. The monoisotopic (exact) mass is 348 g/mol. The number of nitrogens with one attached hydrogen (secondary N) is 2. The van der Waals surface area contributed by atoms with Gasteiger partial charge in [-0.15, -0.1) is 0 Å². The molecule has 2 aromatic carbocycles. The van der Waals surface area contributed by atoms with Crippen LogP contribution in [0, 0.1) is 11.6 Å². The van der Waals surface area contributed by atoms with Gasteiger partial charge in [0.05, 0.1) is 0 Å². The summed E-state index contributed by atoms with van der Waals surface area (Å²) in [6, 6.07) is 10.3. The minimum Gasteiger partial charge on any atom is -0.341 e. The molecule has 0 aliphatic heterocycles. The van der Waals surface area contributed by atoms with Gasteiger partial charge in [0.15, 0.2) is 6.04 Å². The van der Waals surface area contributed by atoms with Crippen molar-refractivity contribution in [1.82, 2.24) is 10.6 Å². The molecule has 0 aliphatic rings. The number of amides is 3. The van der Waals surface area contributed by atoms with Crippen LogP contribution in [0.25, 0.3) is 0 Å². The van der Waals surface area contributed by atoms with E-state index in [1.54, 1.807) is 42.6 Å². The number of carbonyl (C=O) groups is 2. The number of rotatable bonds is 5. The van der Waals surface area contributed by atoms with Gasteiger partial charge in [0, 0.05) is 24.2 Å². The average molecular weight is 348 g/mol. The summed E-state index contributed by atoms with van der Waals surface area (Å²) >= 11 is 0. The molecule has 5 nitrogen and oxygen atoms in total. The topological polar surface area (TPSA) is 74.8 Å². The zero-order chi connectivity index (χ0) is 18.4. The first-order valence-corrected chi connectivity index (χ1v) is 7.79. The minimum atomic E-state index is -0.766. The Labute approximate surface area is 144 Å². The van der Waals surface area contributed by atoms with Gasteiger partial charge in [0.2, 0.25) is 0 Å². The van der Waals surface area contributed by atoms with E-state index in [4.69, 9.17) is 0 Å². The molecule has 0 unspecified atom stereocenters. The number of hydrogen-bond acceptors (Lipinski definition) is 2. The summed E-state index contributed by atoms with van der Waals surface area (Å²) in [4.78, 5) is 23.9.